The van der Waals surface area contributed by atoms with Crippen molar-refractivity contribution in [2.24, 2.45) is 11.3 Å². The minimum atomic E-state index is 0.398. The highest BCUT2D eigenvalue weighted by atomic mass is 16.5. The first-order valence-corrected chi connectivity index (χ1v) is 6.92. The van der Waals surface area contributed by atoms with Gasteiger partial charge in [0.05, 0.1) is 6.10 Å². The first-order valence-electron chi connectivity index (χ1n) is 6.92. The molecule has 0 bridgehead atoms. The van der Waals surface area contributed by atoms with E-state index >= 15 is 0 Å². The molecule has 2 heteroatoms. The van der Waals surface area contributed by atoms with Crippen LogP contribution < -0.4 is 5.32 Å². The van der Waals surface area contributed by atoms with E-state index in [2.05, 4.69) is 26.2 Å². The van der Waals surface area contributed by atoms with Crippen LogP contribution in [0.4, 0.5) is 0 Å². The van der Waals surface area contributed by atoms with Gasteiger partial charge in [-0.3, -0.25) is 0 Å². The Balaban J connectivity index is 1.80. The van der Waals surface area contributed by atoms with E-state index < -0.39 is 0 Å². The molecule has 0 aromatic heterocycles. The smallest absolute Gasteiger partial charge is 0.0733 e. The maximum absolute atomic E-state index is 6.16. The molecule has 2 nitrogen and oxygen atoms in total. The molecule has 2 fully saturated rings. The van der Waals surface area contributed by atoms with E-state index in [1.165, 1.54) is 38.5 Å². The van der Waals surface area contributed by atoms with Gasteiger partial charge in [-0.1, -0.05) is 26.7 Å². The molecule has 0 aliphatic heterocycles. The minimum absolute atomic E-state index is 0.398. The molecule has 0 amide bonds. The fourth-order valence-electron chi connectivity index (χ4n) is 3.53. The predicted molar refractivity (Wildman–Crippen MR) is 67.6 cm³/mol. The van der Waals surface area contributed by atoms with Crippen LogP contribution in [0, 0.1) is 11.3 Å². The molecule has 2 atom stereocenters. The second-order valence-electron chi connectivity index (χ2n) is 6.32. The Morgan fingerprint density at radius 3 is 2.50 bits per heavy atom. The quantitative estimate of drug-likeness (QED) is 0.794. The van der Waals surface area contributed by atoms with Gasteiger partial charge in [-0.05, 0) is 44.1 Å². The number of hydrogen-bond donors (Lipinski definition) is 1. The molecular weight excluding hydrogens is 198 g/mol. The molecule has 2 aliphatic carbocycles. The summed E-state index contributed by atoms with van der Waals surface area (Å²) in [4.78, 5) is 0. The second-order valence-corrected chi connectivity index (χ2v) is 6.32. The summed E-state index contributed by atoms with van der Waals surface area (Å²) in [5.41, 5.74) is 0.398. The van der Waals surface area contributed by atoms with Crippen LogP contribution in [0.3, 0.4) is 0 Å². The van der Waals surface area contributed by atoms with Gasteiger partial charge in [0.15, 0.2) is 0 Å². The maximum Gasteiger partial charge on any atom is 0.0733 e. The standard InChI is InChI=1S/C14H27NO/c1-14(2)9-8-12(13(14)15-3)16-10-11-6-4-5-7-11/h11-13,15H,4-10H2,1-3H3. The van der Waals surface area contributed by atoms with Crippen LogP contribution in [0.5, 0.6) is 0 Å². The van der Waals surface area contributed by atoms with Gasteiger partial charge in [-0.25, -0.2) is 0 Å². The van der Waals surface area contributed by atoms with Crippen molar-refractivity contribution in [2.45, 2.75) is 64.5 Å². The maximum atomic E-state index is 6.16. The van der Waals surface area contributed by atoms with Gasteiger partial charge in [-0.2, -0.15) is 0 Å². The fraction of sp³-hybridized carbons (Fsp3) is 1.00. The molecule has 1 N–H and O–H groups in total. The van der Waals surface area contributed by atoms with Gasteiger partial charge in [0.2, 0.25) is 0 Å². The van der Waals surface area contributed by atoms with Gasteiger partial charge in [0.25, 0.3) is 0 Å². The zero-order valence-corrected chi connectivity index (χ0v) is 11.1. The number of hydrogen-bond acceptors (Lipinski definition) is 2. The lowest BCUT2D eigenvalue weighted by molar-refractivity contribution is 0.00985. The zero-order chi connectivity index (χ0) is 11.6. The summed E-state index contributed by atoms with van der Waals surface area (Å²) in [7, 11) is 2.07. The summed E-state index contributed by atoms with van der Waals surface area (Å²) in [6, 6.07) is 0.536. The lowest BCUT2D eigenvalue weighted by atomic mass is 9.87. The molecule has 0 radical (unpaired) electrons. The average molecular weight is 225 g/mol. The van der Waals surface area contributed by atoms with Crippen LogP contribution in [0.15, 0.2) is 0 Å². The van der Waals surface area contributed by atoms with Gasteiger partial charge < -0.3 is 10.1 Å². The summed E-state index contributed by atoms with van der Waals surface area (Å²) in [5.74, 6) is 0.848. The zero-order valence-electron chi connectivity index (χ0n) is 11.1. The lowest BCUT2D eigenvalue weighted by Crippen LogP contribution is -2.44. The number of ether oxygens (including phenoxy) is 1. The first-order chi connectivity index (χ1) is 7.63. The third-order valence-electron chi connectivity index (χ3n) is 4.62. The molecule has 0 spiro atoms. The van der Waals surface area contributed by atoms with Crippen LogP contribution in [-0.2, 0) is 4.74 Å². The highest BCUT2D eigenvalue weighted by Crippen LogP contribution is 2.39. The van der Waals surface area contributed by atoms with Gasteiger partial charge in [-0.15, -0.1) is 0 Å². The van der Waals surface area contributed by atoms with Crippen molar-refractivity contribution in [3.05, 3.63) is 0 Å². The SMILES string of the molecule is CNC1C(OCC2CCCC2)CCC1(C)C. The summed E-state index contributed by atoms with van der Waals surface area (Å²) in [6.45, 7) is 5.71. The van der Waals surface area contributed by atoms with Crippen LogP contribution >= 0.6 is 0 Å². The molecule has 16 heavy (non-hydrogen) atoms. The molecule has 0 aromatic rings. The van der Waals surface area contributed by atoms with E-state index in [0.717, 1.165) is 12.5 Å². The second kappa shape index (κ2) is 5.05. The minimum Gasteiger partial charge on any atom is -0.376 e. The largest absolute Gasteiger partial charge is 0.376 e. The van der Waals surface area contributed by atoms with Gasteiger partial charge in [0, 0.05) is 12.6 Å². The molecule has 94 valence electrons. The Bertz CT molecular complexity index is 221. The van der Waals surface area contributed by atoms with Gasteiger partial charge in [0.1, 0.15) is 0 Å². The predicted octanol–water partition coefficient (Wildman–Crippen LogP) is 2.97. The highest BCUT2D eigenvalue weighted by molar-refractivity contribution is 4.96. The Morgan fingerprint density at radius 1 is 1.19 bits per heavy atom. The van der Waals surface area contributed by atoms with Crippen LogP contribution in [0.25, 0.3) is 0 Å². The molecule has 2 unspecified atom stereocenters. The Hall–Kier alpha value is -0.0800. The van der Waals surface area contributed by atoms with E-state index in [4.69, 9.17) is 4.74 Å². The van der Waals surface area contributed by atoms with Crippen molar-refractivity contribution in [3.8, 4) is 0 Å². The Morgan fingerprint density at radius 2 is 1.88 bits per heavy atom. The van der Waals surface area contributed by atoms with Crippen molar-refractivity contribution in [1.29, 1.82) is 0 Å². The normalized spacial score (nSPS) is 34.7. The summed E-state index contributed by atoms with van der Waals surface area (Å²) >= 11 is 0. The first kappa shape index (κ1) is 12.4. The monoisotopic (exact) mass is 225 g/mol. The van der Waals surface area contributed by atoms with Crippen molar-refractivity contribution >= 4 is 0 Å². The Labute approximate surface area is 100 Å². The third-order valence-corrected chi connectivity index (χ3v) is 4.62. The highest BCUT2D eigenvalue weighted by Gasteiger charge is 2.41. The van der Waals surface area contributed by atoms with Crippen LogP contribution in [0.2, 0.25) is 0 Å². The summed E-state index contributed by atoms with van der Waals surface area (Å²) in [5, 5.41) is 3.45. The van der Waals surface area contributed by atoms with Crippen molar-refractivity contribution in [2.75, 3.05) is 13.7 Å². The molecule has 0 heterocycles. The van der Waals surface area contributed by atoms with Crippen molar-refractivity contribution in [1.82, 2.24) is 5.32 Å². The average Bonchev–Trinajstić information content (AvgIpc) is 2.82. The lowest BCUT2D eigenvalue weighted by Gasteiger charge is -2.30. The van der Waals surface area contributed by atoms with Crippen LogP contribution in [0.1, 0.15) is 52.4 Å². The topological polar surface area (TPSA) is 21.3 Å². The fourth-order valence-corrected chi connectivity index (χ4v) is 3.53. The number of likely N-dealkylation sites (N-methyl/N-ethyl adjacent to an activating group) is 1. The van der Waals surface area contributed by atoms with E-state index in [1.54, 1.807) is 0 Å². The molecule has 2 aliphatic rings. The Kier molecular flexibility index (Phi) is 3.91. The molecular formula is C14H27NO. The summed E-state index contributed by atoms with van der Waals surface area (Å²) < 4.78 is 6.16. The van der Waals surface area contributed by atoms with Crippen molar-refractivity contribution < 1.29 is 4.74 Å². The molecule has 2 rings (SSSR count). The molecule has 0 saturated heterocycles. The van der Waals surface area contributed by atoms with Crippen LogP contribution in [-0.4, -0.2) is 25.8 Å². The van der Waals surface area contributed by atoms with Gasteiger partial charge >= 0.3 is 0 Å². The van der Waals surface area contributed by atoms with E-state index in [0.29, 0.717) is 17.6 Å². The number of rotatable bonds is 4. The number of nitrogens with one attached hydrogen (secondary N) is 1. The van der Waals surface area contributed by atoms with E-state index in [9.17, 15) is 0 Å². The summed E-state index contributed by atoms with van der Waals surface area (Å²) in [6.07, 6.45) is 8.57. The molecule has 0 aromatic carbocycles. The third kappa shape index (κ3) is 2.60. The van der Waals surface area contributed by atoms with Crippen molar-refractivity contribution in [3.63, 3.8) is 0 Å². The van der Waals surface area contributed by atoms with E-state index in [1.807, 2.05) is 0 Å². The van der Waals surface area contributed by atoms with E-state index in [-0.39, 0.29) is 0 Å². The molecule has 2 saturated carbocycles.